The van der Waals surface area contributed by atoms with Crippen molar-refractivity contribution < 1.29 is 0 Å². The van der Waals surface area contributed by atoms with Crippen LogP contribution in [0.2, 0.25) is 0 Å². The van der Waals surface area contributed by atoms with Gasteiger partial charge in [0.25, 0.3) is 0 Å². The minimum atomic E-state index is 0.572. The molecule has 2 saturated carbocycles. The van der Waals surface area contributed by atoms with Crippen molar-refractivity contribution >= 4 is 0 Å². The van der Waals surface area contributed by atoms with Gasteiger partial charge < -0.3 is 5.32 Å². The summed E-state index contributed by atoms with van der Waals surface area (Å²) in [6.07, 6.45) is 4.40. The largest absolute Gasteiger partial charge is 0.314 e. The quantitative estimate of drug-likeness (QED) is 0.731. The SMILES string of the molecule is CC1(C)[C@@H]2CC[C@@]1(C)[C@H](N1CCNCC1)C2. The van der Waals surface area contributed by atoms with Crippen LogP contribution in [0.4, 0.5) is 0 Å². The van der Waals surface area contributed by atoms with Gasteiger partial charge in [0.05, 0.1) is 0 Å². The van der Waals surface area contributed by atoms with Crippen molar-refractivity contribution in [1.29, 1.82) is 0 Å². The normalized spacial score (nSPS) is 47.4. The molecule has 3 fully saturated rings. The number of fused-ring (bicyclic) bond motifs is 2. The fourth-order valence-electron chi connectivity index (χ4n) is 4.71. The molecule has 0 aromatic rings. The van der Waals surface area contributed by atoms with Gasteiger partial charge in [-0.25, -0.2) is 0 Å². The van der Waals surface area contributed by atoms with Gasteiger partial charge in [0.15, 0.2) is 0 Å². The third-order valence-electron chi connectivity index (χ3n) is 6.34. The second-order valence-corrected chi connectivity index (χ2v) is 6.91. The molecule has 0 amide bonds. The zero-order valence-electron chi connectivity index (χ0n) is 11.1. The van der Waals surface area contributed by atoms with Crippen molar-refractivity contribution in [2.75, 3.05) is 26.2 Å². The first-order chi connectivity index (χ1) is 7.56. The number of nitrogens with one attached hydrogen (secondary N) is 1. The molecule has 3 atom stereocenters. The molecule has 1 heterocycles. The van der Waals surface area contributed by atoms with Crippen molar-refractivity contribution in [2.45, 2.75) is 46.1 Å². The van der Waals surface area contributed by atoms with Gasteiger partial charge in [0.2, 0.25) is 0 Å². The number of rotatable bonds is 1. The molecule has 1 N–H and O–H groups in total. The number of hydrogen-bond acceptors (Lipinski definition) is 2. The zero-order valence-corrected chi connectivity index (χ0v) is 11.1. The minimum Gasteiger partial charge on any atom is -0.314 e. The summed E-state index contributed by atoms with van der Waals surface area (Å²) in [5, 5.41) is 3.47. The molecular weight excluding hydrogens is 196 g/mol. The van der Waals surface area contributed by atoms with E-state index >= 15 is 0 Å². The average molecular weight is 222 g/mol. The Labute approximate surface area is 99.8 Å². The van der Waals surface area contributed by atoms with Crippen molar-refractivity contribution in [2.24, 2.45) is 16.7 Å². The molecule has 16 heavy (non-hydrogen) atoms. The van der Waals surface area contributed by atoms with E-state index in [2.05, 4.69) is 31.0 Å². The van der Waals surface area contributed by atoms with Gasteiger partial charge in [-0.05, 0) is 36.0 Å². The van der Waals surface area contributed by atoms with E-state index in [-0.39, 0.29) is 0 Å². The van der Waals surface area contributed by atoms with E-state index in [1.807, 2.05) is 0 Å². The van der Waals surface area contributed by atoms with Crippen LogP contribution in [0.5, 0.6) is 0 Å². The maximum Gasteiger partial charge on any atom is 0.0158 e. The third kappa shape index (κ3) is 1.26. The van der Waals surface area contributed by atoms with E-state index in [4.69, 9.17) is 0 Å². The summed E-state index contributed by atoms with van der Waals surface area (Å²) >= 11 is 0. The molecule has 2 aliphatic carbocycles. The first kappa shape index (κ1) is 11.0. The summed E-state index contributed by atoms with van der Waals surface area (Å²) in [5.41, 5.74) is 1.15. The maximum atomic E-state index is 3.47. The van der Waals surface area contributed by atoms with Crippen LogP contribution in [0.15, 0.2) is 0 Å². The van der Waals surface area contributed by atoms with Crippen LogP contribution < -0.4 is 5.32 Å². The van der Waals surface area contributed by atoms with Crippen molar-refractivity contribution in [3.05, 3.63) is 0 Å². The summed E-state index contributed by atoms with van der Waals surface area (Å²) in [4.78, 5) is 2.78. The van der Waals surface area contributed by atoms with Crippen LogP contribution in [-0.2, 0) is 0 Å². The fraction of sp³-hybridized carbons (Fsp3) is 1.00. The first-order valence-electron chi connectivity index (χ1n) is 7.00. The van der Waals surface area contributed by atoms with Crippen LogP contribution >= 0.6 is 0 Å². The van der Waals surface area contributed by atoms with Gasteiger partial charge in [-0.3, -0.25) is 4.90 Å². The van der Waals surface area contributed by atoms with Gasteiger partial charge in [0.1, 0.15) is 0 Å². The molecule has 0 spiro atoms. The van der Waals surface area contributed by atoms with E-state index in [0.717, 1.165) is 12.0 Å². The molecule has 1 aliphatic heterocycles. The van der Waals surface area contributed by atoms with Gasteiger partial charge in [-0.2, -0.15) is 0 Å². The average Bonchev–Trinajstić information content (AvgIpc) is 2.62. The maximum absolute atomic E-state index is 3.47. The topological polar surface area (TPSA) is 15.3 Å². The minimum absolute atomic E-state index is 0.572. The molecular formula is C14H26N2. The van der Waals surface area contributed by atoms with Gasteiger partial charge >= 0.3 is 0 Å². The lowest BCUT2D eigenvalue weighted by Gasteiger charge is -2.46. The molecule has 92 valence electrons. The van der Waals surface area contributed by atoms with Gasteiger partial charge in [-0.15, -0.1) is 0 Å². The van der Waals surface area contributed by atoms with E-state index in [9.17, 15) is 0 Å². The highest BCUT2D eigenvalue weighted by atomic mass is 15.2. The highest BCUT2D eigenvalue weighted by Gasteiger charge is 2.62. The van der Waals surface area contributed by atoms with Crippen LogP contribution in [0, 0.1) is 16.7 Å². The van der Waals surface area contributed by atoms with Crippen molar-refractivity contribution in [3.8, 4) is 0 Å². The highest BCUT2D eigenvalue weighted by Crippen LogP contribution is 2.66. The Morgan fingerprint density at radius 3 is 2.31 bits per heavy atom. The lowest BCUT2D eigenvalue weighted by Crippen LogP contribution is -2.54. The molecule has 0 radical (unpaired) electrons. The zero-order chi connectivity index (χ0) is 11.4. The Bertz CT molecular complexity index is 280. The number of nitrogens with zero attached hydrogens (tertiary/aromatic N) is 1. The molecule has 3 rings (SSSR count). The standard InChI is InChI=1S/C14H26N2/c1-13(2)11-4-5-14(13,3)12(10-11)16-8-6-15-7-9-16/h11-12,15H,4-10H2,1-3H3/t11-,12-,14+/m1/s1. The molecule has 0 aromatic carbocycles. The van der Waals surface area contributed by atoms with Gasteiger partial charge in [-0.1, -0.05) is 20.8 Å². The summed E-state index contributed by atoms with van der Waals surface area (Å²) in [5.74, 6) is 0.984. The second-order valence-electron chi connectivity index (χ2n) is 6.91. The monoisotopic (exact) mass is 222 g/mol. The Morgan fingerprint density at radius 2 is 1.81 bits per heavy atom. The number of hydrogen-bond donors (Lipinski definition) is 1. The lowest BCUT2D eigenvalue weighted by atomic mass is 9.68. The molecule has 1 saturated heterocycles. The fourth-order valence-corrected chi connectivity index (χ4v) is 4.71. The summed E-state index contributed by atoms with van der Waals surface area (Å²) < 4.78 is 0. The van der Waals surface area contributed by atoms with E-state index in [0.29, 0.717) is 10.8 Å². The highest BCUT2D eigenvalue weighted by molar-refractivity contribution is 5.13. The van der Waals surface area contributed by atoms with Crippen LogP contribution in [0.1, 0.15) is 40.0 Å². The second kappa shape index (κ2) is 3.46. The molecule has 2 bridgehead atoms. The first-order valence-corrected chi connectivity index (χ1v) is 7.00. The van der Waals surface area contributed by atoms with Crippen LogP contribution in [-0.4, -0.2) is 37.1 Å². The van der Waals surface area contributed by atoms with E-state index in [1.54, 1.807) is 0 Å². The van der Waals surface area contributed by atoms with Crippen LogP contribution in [0.25, 0.3) is 0 Å². The third-order valence-corrected chi connectivity index (χ3v) is 6.34. The Morgan fingerprint density at radius 1 is 1.12 bits per heavy atom. The Hall–Kier alpha value is -0.0800. The van der Waals surface area contributed by atoms with Crippen molar-refractivity contribution in [1.82, 2.24) is 10.2 Å². The predicted octanol–water partition coefficient (Wildman–Crippen LogP) is 2.11. The van der Waals surface area contributed by atoms with Crippen molar-refractivity contribution in [3.63, 3.8) is 0 Å². The molecule has 0 unspecified atom stereocenters. The Balaban J connectivity index is 1.83. The lowest BCUT2D eigenvalue weighted by molar-refractivity contribution is 0.0363. The summed E-state index contributed by atoms with van der Waals surface area (Å²) in [7, 11) is 0. The summed E-state index contributed by atoms with van der Waals surface area (Å²) in [6, 6.07) is 0.864. The van der Waals surface area contributed by atoms with Gasteiger partial charge in [0, 0.05) is 32.2 Å². The Kier molecular flexibility index (Phi) is 2.38. The van der Waals surface area contributed by atoms with Crippen LogP contribution in [0.3, 0.4) is 0 Å². The molecule has 2 heteroatoms. The van der Waals surface area contributed by atoms with E-state index < -0.39 is 0 Å². The predicted molar refractivity (Wildman–Crippen MR) is 67.5 cm³/mol. The smallest absolute Gasteiger partial charge is 0.0158 e. The molecule has 2 nitrogen and oxygen atoms in total. The molecule has 3 aliphatic rings. The number of piperazine rings is 1. The van der Waals surface area contributed by atoms with E-state index in [1.165, 1.54) is 45.4 Å². The summed E-state index contributed by atoms with van der Waals surface area (Å²) in [6.45, 7) is 12.5. The molecule has 0 aromatic heterocycles.